The molecule has 15 nitrogen and oxygen atoms in total. The molecule has 4 aromatic rings. The number of amides is 6. The molecule has 2 atom stereocenters. The third kappa shape index (κ3) is 7.58. The highest BCUT2D eigenvalue weighted by molar-refractivity contribution is 6.23. The summed E-state index contributed by atoms with van der Waals surface area (Å²) in [6.07, 6.45) is 3.59. The molecule has 3 N–H and O–H groups in total. The zero-order valence-electron chi connectivity index (χ0n) is 33.5. The number of likely N-dealkylation sites (tertiary alicyclic amines) is 1. The van der Waals surface area contributed by atoms with Gasteiger partial charge in [0, 0.05) is 50.0 Å². The van der Waals surface area contributed by atoms with Gasteiger partial charge >= 0.3 is 0 Å². The summed E-state index contributed by atoms with van der Waals surface area (Å²) in [6, 6.07) is 21.6. The van der Waals surface area contributed by atoms with Crippen LogP contribution >= 0.6 is 0 Å². The Kier molecular flexibility index (Phi) is 10.8. The monoisotopic (exact) mass is 812 g/mol. The minimum Gasteiger partial charge on any atom is -0.372 e. The number of anilines is 2. The number of carbonyl (C=O) groups is 6. The van der Waals surface area contributed by atoms with Crippen molar-refractivity contribution >= 4 is 46.9 Å². The number of H-pyrrole nitrogens is 1. The van der Waals surface area contributed by atoms with Crippen LogP contribution in [0.4, 0.5) is 11.5 Å². The standard InChI is InChI=1S/C45H48N8O7/c1-60-39(29-5-3-2-4-6-29)45(59)52-25-35-36(26-52)48-49-40(35)47-41(55)30-7-10-32(11-8-30)51-21-15-27(16-22-51)24-50-19-17-28(18-20-50)31-9-12-33-34(23-31)44(58)53(43(33)57)37-13-14-38(54)46-42(37)56/h2-12,23,27-28,37,39H,13-22,24-26H2,1H3,(H,46,54,56)(H2,47,48,49,55)/t37?,39-/m1/s1. The van der Waals surface area contributed by atoms with Crippen LogP contribution in [0.25, 0.3) is 0 Å². The summed E-state index contributed by atoms with van der Waals surface area (Å²) in [4.78, 5) is 84.9. The van der Waals surface area contributed by atoms with E-state index in [4.69, 9.17) is 4.74 Å². The third-order valence-corrected chi connectivity index (χ3v) is 12.9. The van der Waals surface area contributed by atoms with Gasteiger partial charge in [-0.05, 0) is 105 Å². The molecule has 0 bridgehead atoms. The minimum atomic E-state index is -0.965. The van der Waals surface area contributed by atoms with E-state index in [-0.39, 0.29) is 36.5 Å². The SMILES string of the molecule is CO[C@@H](C(=O)N1Cc2[nH]nc(NC(=O)c3ccc(N4CCC(CN5CCC(c6ccc7c(c6)C(=O)N(C6CCC(=O)NC6=O)C7=O)CC5)CC4)cc3)c2C1)c1ccccc1. The predicted octanol–water partition coefficient (Wildman–Crippen LogP) is 4.39. The number of hydrogen-bond donors (Lipinski definition) is 3. The van der Waals surface area contributed by atoms with Crippen LogP contribution in [0.1, 0.15) is 104 Å². The van der Waals surface area contributed by atoms with Gasteiger partial charge in [-0.1, -0.05) is 36.4 Å². The predicted molar refractivity (Wildman–Crippen MR) is 220 cm³/mol. The number of piperidine rings is 3. The van der Waals surface area contributed by atoms with Crippen LogP contribution in [0, 0.1) is 5.92 Å². The second kappa shape index (κ2) is 16.5. The Morgan fingerprint density at radius 1 is 0.850 bits per heavy atom. The molecular formula is C45H48N8O7. The summed E-state index contributed by atoms with van der Waals surface area (Å²) >= 11 is 0. The van der Waals surface area contributed by atoms with Gasteiger partial charge in [-0.3, -0.25) is 44.1 Å². The number of nitrogens with one attached hydrogen (secondary N) is 3. The summed E-state index contributed by atoms with van der Waals surface area (Å²) in [5, 5.41) is 12.5. The third-order valence-electron chi connectivity index (χ3n) is 12.9. The fourth-order valence-corrected chi connectivity index (χ4v) is 9.51. The quantitative estimate of drug-likeness (QED) is 0.195. The molecule has 0 aliphatic carbocycles. The average Bonchev–Trinajstić information content (AvgIpc) is 3.94. The topological polar surface area (TPSA) is 177 Å². The molecule has 5 aliphatic heterocycles. The van der Waals surface area contributed by atoms with Crippen LogP contribution in [0.5, 0.6) is 0 Å². The van der Waals surface area contributed by atoms with Crippen LogP contribution in [-0.2, 0) is 32.2 Å². The fourth-order valence-electron chi connectivity index (χ4n) is 9.51. The van der Waals surface area contributed by atoms with Gasteiger partial charge in [0.2, 0.25) is 11.8 Å². The molecule has 9 rings (SSSR count). The molecule has 5 aliphatic rings. The van der Waals surface area contributed by atoms with Gasteiger partial charge in [0.1, 0.15) is 6.04 Å². The van der Waals surface area contributed by atoms with Crippen molar-refractivity contribution in [3.63, 3.8) is 0 Å². The van der Waals surface area contributed by atoms with E-state index in [0.29, 0.717) is 41.5 Å². The van der Waals surface area contributed by atoms with E-state index in [2.05, 4.69) is 30.6 Å². The largest absolute Gasteiger partial charge is 0.372 e. The second-order valence-corrected chi connectivity index (χ2v) is 16.5. The van der Waals surface area contributed by atoms with E-state index in [0.717, 1.165) is 91.4 Å². The Balaban J connectivity index is 0.727. The molecule has 310 valence electrons. The van der Waals surface area contributed by atoms with E-state index in [9.17, 15) is 28.8 Å². The molecule has 3 fully saturated rings. The number of imide groups is 2. The van der Waals surface area contributed by atoms with Crippen molar-refractivity contribution in [3.05, 3.63) is 112 Å². The highest BCUT2D eigenvalue weighted by atomic mass is 16.5. The van der Waals surface area contributed by atoms with Gasteiger partial charge in [0.25, 0.3) is 23.6 Å². The van der Waals surface area contributed by atoms with Crippen LogP contribution in [0.2, 0.25) is 0 Å². The maximum Gasteiger partial charge on any atom is 0.262 e. The number of benzene rings is 3. The first-order valence-corrected chi connectivity index (χ1v) is 20.8. The van der Waals surface area contributed by atoms with E-state index >= 15 is 0 Å². The normalized spacial score (nSPS) is 20.6. The van der Waals surface area contributed by atoms with E-state index in [1.807, 2.05) is 66.7 Å². The number of methoxy groups -OCH3 is 1. The van der Waals surface area contributed by atoms with Crippen LogP contribution in [0.15, 0.2) is 72.8 Å². The molecule has 0 saturated carbocycles. The number of aromatic amines is 1. The summed E-state index contributed by atoms with van der Waals surface area (Å²) in [7, 11) is 1.53. The lowest BCUT2D eigenvalue weighted by atomic mass is 9.87. The lowest BCUT2D eigenvalue weighted by Crippen LogP contribution is -2.54. The Hall–Kier alpha value is -6.19. The van der Waals surface area contributed by atoms with Crippen molar-refractivity contribution in [2.45, 2.75) is 69.7 Å². The average molecular weight is 813 g/mol. The molecule has 3 saturated heterocycles. The smallest absolute Gasteiger partial charge is 0.262 e. The van der Waals surface area contributed by atoms with E-state index in [1.54, 1.807) is 11.0 Å². The minimum absolute atomic E-state index is 0.0956. The lowest BCUT2D eigenvalue weighted by molar-refractivity contribution is -0.143. The zero-order valence-corrected chi connectivity index (χ0v) is 33.5. The maximum absolute atomic E-state index is 13.4. The Morgan fingerprint density at radius 2 is 1.58 bits per heavy atom. The molecule has 3 aromatic carbocycles. The number of ether oxygens (including phenoxy) is 1. The maximum atomic E-state index is 13.4. The van der Waals surface area contributed by atoms with Gasteiger partial charge in [0.05, 0.1) is 29.9 Å². The van der Waals surface area contributed by atoms with Gasteiger partial charge in [0.15, 0.2) is 11.9 Å². The van der Waals surface area contributed by atoms with Crippen molar-refractivity contribution < 1.29 is 33.5 Å². The molecule has 1 unspecified atom stereocenters. The first-order chi connectivity index (χ1) is 29.1. The zero-order chi connectivity index (χ0) is 41.5. The molecular weight excluding hydrogens is 765 g/mol. The number of nitrogens with zero attached hydrogens (tertiary/aromatic N) is 5. The highest BCUT2D eigenvalue weighted by Gasteiger charge is 2.45. The first kappa shape index (κ1) is 39.3. The Labute approximate surface area is 347 Å². The first-order valence-electron chi connectivity index (χ1n) is 20.8. The summed E-state index contributed by atoms with van der Waals surface area (Å²) in [6.45, 7) is 5.51. The van der Waals surface area contributed by atoms with E-state index in [1.165, 1.54) is 7.11 Å². The van der Waals surface area contributed by atoms with Crippen LogP contribution in [-0.4, -0.2) is 106 Å². The summed E-state index contributed by atoms with van der Waals surface area (Å²) in [5.74, 6) is -1.06. The highest BCUT2D eigenvalue weighted by Crippen LogP contribution is 2.35. The number of rotatable bonds is 10. The molecule has 0 radical (unpaired) electrons. The molecule has 15 heteroatoms. The van der Waals surface area contributed by atoms with Gasteiger partial charge < -0.3 is 24.8 Å². The molecule has 6 heterocycles. The Bertz CT molecular complexity index is 2330. The fraction of sp³-hybridized carbons (Fsp3) is 0.400. The number of fused-ring (bicyclic) bond motifs is 2. The number of aromatic nitrogens is 2. The van der Waals surface area contributed by atoms with Gasteiger partial charge in [-0.25, -0.2) is 0 Å². The van der Waals surface area contributed by atoms with Crippen LogP contribution in [0.3, 0.4) is 0 Å². The molecule has 6 amide bonds. The van der Waals surface area contributed by atoms with Gasteiger partial charge in [-0.2, -0.15) is 5.10 Å². The van der Waals surface area contributed by atoms with Crippen molar-refractivity contribution in [2.75, 3.05) is 50.1 Å². The van der Waals surface area contributed by atoms with Crippen molar-refractivity contribution in [3.8, 4) is 0 Å². The second-order valence-electron chi connectivity index (χ2n) is 16.5. The Morgan fingerprint density at radius 3 is 2.30 bits per heavy atom. The number of hydrogen-bond acceptors (Lipinski definition) is 10. The summed E-state index contributed by atoms with van der Waals surface area (Å²) < 4.78 is 5.56. The van der Waals surface area contributed by atoms with Crippen molar-refractivity contribution in [1.29, 1.82) is 0 Å². The van der Waals surface area contributed by atoms with E-state index < -0.39 is 29.9 Å². The van der Waals surface area contributed by atoms with Gasteiger partial charge in [-0.15, -0.1) is 0 Å². The summed E-state index contributed by atoms with van der Waals surface area (Å²) in [5.41, 5.74) is 5.68. The lowest BCUT2D eigenvalue weighted by Gasteiger charge is -2.38. The molecule has 0 spiro atoms. The van der Waals surface area contributed by atoms with Crippen molar-refractivity contribution in [2.24, 2.45) is 5.92 Å². The number of carbonyl (C=O) groups excluding carboxylic acids is 6. The molecule has 60 heavy (non-hydrogen) atoms. The molecule has 1 aromatic heterocycles. The van der Waals surface area contributed by atoms with Crippen molar-refractivity contribution in [1.82, 2.24) is 30.2 Å². The van der Waals surface area contributed by atoms with Crippen LogP contribution < -0.4 is 15.5 Å².